The maximum absolute atomic E-state index is 6.23. The van der Waals surface area contributed by atoms with Gasteiger partial charge in [-0.1, -0.05) is 6.07 Å². The Hall–Kier alpha value is -1.06. The highest BCUT2D eigenvalue weighted by molar-refractivity contribution is 5.40. The minimum Gasteiger partial charge on any atom is -0.490 e. The number of ether oxygens (including phenoxy) is 2. The Kier molecular flexibility index (Phi) is 3.00. The van der Waals surface area contributed by atoms with Crippen LogP contribution in [0.5, 0.6) is 5.75 Å². The van der Waals surface area contributed by atoms with Crippen molar-refractivity contribution in [1.82, 2.24) is 0 Å². The predicted octanol–water partition coefficient (Wildman–Crippen LogP) is 3.11. The molecule has 3 aliphatic rings. The first kappa shape index (κ1) is 12.7. The zero-order valence-corrected chi connectivity index (χ0v) is 11.9. The second-order valence-electron chi connectivity index (χ2n) is 6.62. The van der Waals surface area contributed by atoms with Crippen LogP contribution in [-0.4, -0.2) is 18.3 Å². The molecule has 2 N–H and O–H groups in total. The van der Waals surface area contributed by atoms with Crippen LogP contribution in [-0.2, 0) is 11.2 Å². The first-order chi connectivity index (χ1) is 9.74. The lowest BCUT2D eigenvalue weighted by atomic mass is 9.74. The monoisotopic (exact) mass is 273 g/mol. The fourth-order valence-electron chi connectivity index (χ4n) is 3.90. The van der Waals surface area contributed by atoms with E-state index in [1.165, 1.54) is 30.4 Å². The van der Waals surface area contributed by atoms with Gasteiger partial charge in [0.15, 0.2) is 0 Å². The predicted molar refractivity (Wildman–Crippen MR) is 77.9 cm³/mol. The Morgan fingerprint density at radius 1 is 1.25 bits per heavy atom. The number of nitrogens with two attached hydrogens (primary N) is 1. The van der Waals surface area contributed by atoms with Gasteiger partial charge in [0.1, 0.15) is 11.9 Å². The van der Waals surface area contributed by atoms with Crippen molar-refractivity contribution in [2.45, 2.75) is 62.7 Å². The average molecular weight is 273 g/mol. The lowest BCUT2D eigenvalue weighted by Crippen LogP contribution is -2.48. The molecule has 1 heterocycles. The van der Waals surface area contributed by atoms with E-state index in [4.69, 9.17) is 15.2 Å². The molecule has 0 amide bonds. The summed E-state index contributed by atoms with van der Waals surface area (Å²) in [5.74, 6) is 1.01. The largest absolute Gasteiger partial charge is 0.490 e. The van der Waals surface area contributed by atoms with Crippen molar-refractivity contribution in [2.24, 2.45) is 5.73 Å². The van der Waals surface area contributed by atoms with Crippen molar-refractivity contribution >= 4 is 0 Å². The van der Waals surface area contributed by atoms with Crippen molar-refractivity contribution in [3.8, 4) is 5.75 Å². The Morgan fingerprint density at radius 3 is 2.95 bits per heavy atom. The lowest BCUT2D eigenvalue weighted by Gasteiger charge is -2.46. The zero-order valence-electron chi connectivity index (χ0n) is 11.9. The minimum atomic E-state index is 0.155. The quantitative estimate of drug-likeness (QED) is 0.900. The fourth-order valence-corrected chi connectivity index (χ4v) is 3.90. The normalized spacial score (nSPS) is 30.9. The minimum absolute atomic E-state index is 0.155. The summed E-state index contributed by atoms with van der Waals surface area (Å²) < 4.78 is 12.2. The van der Waals surface area contributed by atoms with Gasteiger partial charge in [0.05, 0.1) is 12.2 Å². The first-order valence-electron chi connectivity index (χ1n) is 7.93. The molecule has 1 saturated carbocycles. The van der Waals surface area contributed by atoms with Crippen molar-refractivity contribution in [3.63, 3.8) is 0 Å². The molecule has 1 aromatic carbocycles. The number of fused-ring (bicyclic) bond motifs is 1. The summed E-state index contributed by atoms with van der Waals surface area (Å²) in [7, 11) is 0. The molecule has 2 fully saturated rings. The van der Waals surface area contributed by atoms with Crippen LogP contribution < -0.4 is 10.5 Å². The zero-order chi connectivity index (χ0) is 13.6. The van der Waals surface area contributed by atoms with Gasteiger partial charge >= 0.3 is 0 Å². The number of aryl methyl sites for hydroxylation is 1. The molecular weight excluding hydrogens is 250 g/mol. The molecule has 1 aromatic rings. The molecule has 1 unspecified atom stereocenters. The molecule has 2 aliphatic carbocycles. The van der Waals surface area contributed by atoms with E-state index in [1.807, 2.05) is 0 Å². The molecule has 0 bridgehead atoms. The van der Waals surface area contributed by atoms with E-state index in [0.29, 0.717) is 6.10 Å². The summed E-state index contributed by atoms with van der Waals surface area (Å²) in [6.07, 6.45) is 8.28. The topological polar surface area (TPSA) is 44.5 Å². The van der Waals surface area contributed by atoms with Gasteiger partial charge < -0.3 is 15.2 Å². The van der Waals surface area contributed by atoms with Crippen LogP contribution in [0.3, 0.4) is 0 Å². The second-order valence-corrected chi connectivity index (χ2v) is 6.62. The molecule has 4 rings (SSSR count). The van der Waals surface area contributed by atoms with Gasteiger partial charge in [0.25, 0.3) is 0 Å². The summed E-state index contributed by atoms with van der Waals surface area (Å²) in [6.45, 7) is 0.848. The molecule has 1 aliphatic heterocycles. The average Bonchev–Trinajstić information content (AvgIpc) is 2.79. The van der Waals surface area contributed by atoms with E-state index in [-0.39, 0.29) is 11.6 Å². The molecule has 0 aromatic heterocycles. The Morgan fingerprint density at radius 2 is 2.15 bits per heavy atom. The summed E-state index contributed by atoms with van der Waals surface area (Å²) in [4.78, 5) is 0. The highest BCUT2D eigenvalue weighted by atomic mass is 16.5. The van der Waals surface area contributed by atoms with Gasteiger partial charge in [-0.25, -0.2) is 0 Å². The van der Waals surface area contributed by atoms with Crippen LogP contribution in [0.1, 0.15) is 55.7 Å². The van der Waals surface area contributed by atoms with E-state index >= 15 is 0 Å². The highest BCUT2D eigenvalue weighted by Crippen LogP contribution is 2.43. The van der Waals surface area contributed by atoms with Gasteiger partial charge in [0, 0.05) is 18.9 Å². The third-order valence-corrected chi connectivity index (χ3v) is 5.25. The highest BCUT2D eigenvalue weighted by Gasteiger charge is 2.43. The molecule has 1 saturated heterocycles. The second kappa shape index (κ2) is 4.74. The summed E-state index contributed by atoms with van der Waals surface area (Å²) in [5, 5.41) is 0. The van der Waals surface area contributed by atoms with Crippen LogP contribution in [0, 0.1) is 0 Å². The van der Waals surface area contributed by atoms with Gasteiger partial charge in [0.2, 0.25) is 0 Å². The van der Waals surface area contributed by atoms with Gasteiger partial charge in [-0.2, -0.15) is 0 Å². The number of rotatable bonds is 2. The molecule has 0 radical (unpaired) electrons. The van der Waals surface area contributed by atoms with E-state index in [1.54, 1.807) is 0 Å². The number of hydrogen-bond acceptors (Lipinski definition) is 3. The molecular formula is C17H23NO2. The van der Waals surface area contributed by atoms with Crippen molar-refractivity contribution in [3.05, 3.63) is 29.3 Å². The molecule has 20 heavy (non-hydrogen) atoms. The smallest absolute Gasteiger partial charge is 0.120 e. The third-order valence-electron chi connectivity index (χ3n) is 5.25. The molecule has 2 atom stereocenters. The first-order valence-corrected chi connectivity index (χ1v) is 7.93. The van der Waals surface area contributed by atoms with E-state index in [0.717, 1.165) is 38.0 Å². The number of hydrogen-bond donors (Lipinski definition) is 1. The van der Waals surface area contributed by atoms with E-state index < -0.39 is 0 Å². The van der Waals surface area contributed by atoms with E-state index in [9.17, 15) is 0 Å². The Labute approximate surface area is 120 Å². The van der Waals surface area contributed by atoms with Gasteiger partial charge in [-0.3, -0.25) is 0 Å². The SMILES string of the molecule is N[C@@H]1CCc2cc(OC3CCOC4(CCC4)C3)ccc21. The van der Waals surface area contributed by atoms with E-state index in [2.05, 4.69) is 18.2 Å². The van der Waals surface area contributed by atoms with Crippen LogP contribution in [0.25, 0.3) is 0 Å². The van der Waals surface area contributed by atoms with Crippen molar-refractivity contribution < 1.29 is 9.47 Å². The molecule has 3 nitrogen and oxygen atoms in total. The maximum Gasteiger partial charge on any atom is 0.120 e. The van der Waals surface area contributed by atoms with Crippen molar-refractivity contribution in [1.29, 1.82) is 0 Å². The molecule has 108 valence electrons. The van der Waals surface area contributed by atoms with Gasteiger partial charge in [-0.15, -0.1) is 0 Å². The molecule has 3 heteroatoms. The summed E-state index contributed by atoms with van der Waals surface area (Å²) >= 11 is 0. The third kappa shape index (κ3) is 2.13. The summed E-state index contributed by atoms with van der Waals surface area (Å²) in [5.41, 5.74) is 8.92. The van der Waals surface area contributed by atoms with Crippen LogP contribution in [0.15, 0.2) is 18.2 Å². The fraction of sp³-hybridized carbons (Fsp3) is 0.647. The lowest BCUT2D eigenvalue weighted by molar-refractivity contribution is -0.153. The summed E-state index contributed by atoms with van der Waals surface area (Å²) in [6, 6.07) is 6.67. The molecule has 1 spiro atoms. The van der Waals surface area contributed by atoms with Crippen LogP contribution in [0.4, 0.5) is 0 Å². The Balaban J connectivity index is 1.46. The Bertz CT molecular complexity index is 510. The maximum atomic E-state index is 6.23. The van der Waals surface area contributed by atoms with Crippen LogP contribution >= 0.6 is 0 Å². The standard InChI is InChI=1S/C17H23NO2/c18-16-5-2-12-10-13(3-4-15(12)16)20-14-6-9-19-17(11-14)7-1-8-17/h3-4,10,14,16H,1-2,5-9,11,18H2/t14?,16-/m1/s1. The van der Waals surface area contributed by atoms with Crippen molar-refractivity contribution in [2.75, 3.05) is 6.61 Å². The van der Waals surface area contributed by atoms with Gasteiger partial charge in [-0.05, 0) is 55.4 Å². The van der Waals surface area contributed by atoms with Crippen LogP contribution in [0.2, 0.25) is 0 Å². The number of benzene rings is 1.